The second-order valence-corrected chi connectivity index (χ2v) is 6.42. The first kappa shape index (κ1) is 15.2. The highest BCUT2D eigenvalue weighted by Gasteiger charge is 2.16. The maximum absolute atomic E-state index is 13.2. The van der Waals surface area contributed by atoms with Crippen LogP contribution in [0.25, 0.3) is 10.1 Å². The fourth-order valence-corrected chi connectivity index (χ4v) is 3.48. The second-order valence-electron chi connectivity index (χ2n) is 5.34. The molecular weight excluding hydrogens is 271 g/mol. The molecule has 0 N–H and O–H groups in total. The molecule has 0 aliphatic heterocycles. The van der Waals surface area contributed by atoms with Gasteiger partial charge in [0.15, 0.2) is 5.78 Å². The van der Waals surface area contributed by atoms with Gasteiger partial charge in [0.2, 0.25) is 0 Å². The maximum atomic E-state index is 13.2. The standard InChI is InChI=1S/C17H21FOS/c1-3-5-6-12(4-2)9-15(19)17-10-13-7-8-14(18)11-16(13)20-17/h7-8,10-12H,3-6,9H2,1-2H3. The molecule has 1 atom stereocenters. The van der Waals surface area contributed by atoms with Crippen molar-refractivity contribution in [2.24, 2.45) is 5.92 Å². The molecule has 0 saturated heterocycles. The molecule has 108 valence electrons. The lowest BCUT2D eigenvalue weighted by atomic mass is 9.93. The number of ketones is 1. The molecule has 2 rings (SSSR count). The van der Waals surface area contributed by atoms with E-state index in [1.807, 2.05) is 6.07 Å². The number of benzene rings is 1. The molecule has 0 fully saturated rings. The van der Waals surface area contributed by atoms with Crippen LogP contribution in [0.1, 0.15) is 55.6 Å². The lowest BCUT2D eigenvalue weighted by molar-refractivity contribution is 0.0961. The Hall–Kier alpha value is -1.22. The van der Waals surface area contributed by atoms with Crippen molar-refractivity contribution < 1.29 is 9.18 Å². The molecule has 1 unspecified atom stereocenters. The molecule has 20 heavy (non-hydrogen) atoms. The van der Waals surface area contributed by atoms with Crippen LogP contribution in [0.4, 0.5) is 4.39 Å². The largest absolute Gasteiger partial charge is 0.293 e. The predicted molar refractivity (Wildman–Crippen MR) is 84.0 cm³/mol. The van der Waals surface area contributed by atoms with Crippen molar-refractivity contribution in [2.45, 2.75) is 46.0 Å². The summed E-state index contributed by atoms with van der Waals surface area (Å²) in [5.74, 6) is 0.437. The predicted octanol–water partition coefficient (Wildman–Crippen LogP) is 5.83. The molecule has 0 saturated carbocycles. The van der Waals surface area contributed by atoms with E-state index >= 15 is 0 Å². The molecule has 0 spiro atoms. The van der Waals surface area contributed by atoms with Crippen LogP contribution >= 0.6 is 11.3 Å². The van der Waals surface area contributed by atoms with E-state index in [4.69, 9.17) is 0 Å². The zero-order valence-electron chi connectivity index (χ0n) is 12.1. The number of Topliss-reactive ketones (excluding diaryl/α,β-unsaturated/α-hetero) is 1. The molecule has 0 aliphatic carbocycles. The van der Waals surface area contributed by atoms with Crippen molar-refractivity contribution >= 4 is 27.2 Å². The van der Waals surface area contributed by atoms with Gasteiger partial charge in [0.25, 0.3) is 0 Å². The van der Waals surface area contributed by atoms with Crippen molar-refractivity contribution in [2.75, 3.05) is 0 Å². The fourth-order valence-electron chi connectivity index (χ4n) is 2.45. The van der Waals surface area contributed by atoms with E-state index in [9.17, 15) is 9.18 Å². The number of fused-ring (bicyclic) bond motifs is 1. The van der Waals surface area contributed by atoms with Gasteiger partial charge in [-0.1, -0.05) is 45.6 Å². The maximum Gasteiger partial charge on any atom is 0.173 e. The highest BCUT2D eigenvalue weighted by molar-refractivity contribution is 7.20. The highest BCUT2D eigenvalue weighted by Crippen LogP contribution is 2.29. The topological polar surface area (TPSA) is 17.1 Å². The van der Waals surface area contributed by atoms with E-state index in [-0.39, 0.29) is 11.6 Å². The van der Waals surface area contributed by atoms with E-state index in [2.05, 4.69) is 13.8 Å². The fraction of sp³-hybridized carbons (Fsp3) is 0.471. The van der Waals surface area contributed by atoms with Gasteiger partial charge >= 0.3 is 0 Å². The minimum atomic E-state index is -0.243. The Morgan fingerprint density at radius 2 is 2.10 bits per heavy atom. The quantitative estimate of drug-likeness (QED) is 0.587. The van der Waals surface area contributed by atoms with Crippen molar-refractivity contribution in [3.8, 4) is 0 Å². The number of unbranched alkanes of at least 4 members (excludes halogenated alkanes) is 1. The van der Waals surface area contributed by atoms with Crippen LogP contribution in [-0.2, 0) is 0 Å². The van der Waals surface area contributed by atoms with Crippen molar-refractivity contribution in [3.05, 3.63) is 35.0 Å². The Morgan fingerprint density at radius 1 is 1.30 bits per heavy atom. The van der Waals surface area contributed by atoms with Crippen molar-refractivity contribution in [1.29, 1.82) is 0 Å². The third-order valence-electron chi connectivity index (χ3n) is 3.77. The Kier molecular flexibility index (Phi) is 5.30. The molecule has 0 amide bonds. The van der Waals surface area contributed by atoms with Gasteiger partial charge in [-0.3, -0.25) is 4.79 Å². The van der Waals surface area contributed by atoms with E-state index in [1.165, 1.54) is 36.3 Å². The average Bonchev–Trinajstić information content (AvgIpc) is 2.86. The monoisotopic (exact) mass is 292 g/mol. The Balaban J connectivity index is 2.10. The lowest BCUT2D eigenvalue weighted by Crippen LogP contribution is -2.07. The summed E-state index contributed by atoms with van der Waals surface area (Å²) in [6.07, 6.45) is 5.14. The average molecular weight is 292 g/mol. The van der Waals surface area contributed by atoms with Crippen LogP contribution in [0.5, 0.6) is 0 Å². The Morgan fingerprint density at radius 3 is 2.80 bits per heavy atom. The highest BCUT2D eigenvalue weighted by atomic mass is 32.1. The summed E-state index contributed by atoms with van der Waals surface area (Å²) in [6, 6.07) is 6.59. The van der Waals surface area contributed by atoms with Gasteiger partial charge in [0, 0.05) is 11.1 Å². The molecule has 0 bridgehead atoms. The summed E-state index contributed by atoms with van der Waals surface area (Å²) in [5, 5.41) is 0.960. The van der Waals surface area contributed by atoms with E-state index in [1.54, 1.807) is 6.07 Å². The second kappa shape index (κ2) is 6.98. The smallest absolute Gasteiger partial charge is 0.173 e. The van der Waals surface area contributed by atoms with Crippen molar-refractivity contribution in [3.63, 3.8) is 0 Å². The number of carbonyl (C=O) groups is 1. The Labute approximate surface area is 123 Å². The number of halogens is 1. The van der Waals surface area contributed by atoms with Gasteiger partial charge in [-0.2, -0.15) is 0 Å². The lowest BCUT2D eigenvalue weighted by Gasteiger charge is -2.12. The van der Waals surface area contributed by atoms with Gasteiger partial charge in [0.05, 0.1) is 4.88 Å². The van der Waals surface area contributed by atoms with E-state index in [0.29, 0.717) is 12.3 Å². The summed E-state index contributed by atoms with van der Waals surface area (Å²) in [6.45, 7) is 4.32. The first-order valence-electron chi connectivity index (χ1n) is 7.36. The van der Waals surface area contributed by atoms with Crippen LogP contribution in [-0.4, -0.2) is 5.78 Å². The third kappa shape index (κ3) is 3.66. The van der Waals surface area contributed by atoms with E-state index < -0.39 is 0 Å². The number of hydrogen-bond acceptors (Lipinski definition) is 2. The number of thiophene rings is 1. The van der Waals surface area contributed by atoms with Gasteiger partial charge < -0.3 is 0 Å². The normalized spacial score (nSPS) is 12.8. The Bertz CT molecular complexity index is 588. The van der Waals surface area contributed by atoms with Crippen molar-refractivity contribution in [1.82, 2.24) is 0 Å². The molecule has 1 aromatic carbocycles. The summed E-state index contributed by atoms with van der Waals surface area (Å²) in [7, 11) is 0. The zero-order valence-corrected chi connectivity index (χ0v) is 12.9. The van der Waals surface area contributed by atoms with Crippen LogP contribution in [0.2, 0.25) is 0 Å². The van der Waals surface area contributed by atoms with E-state index in [0.717, 1.165) is 27.8 Å². The molecule has 0 radical (unpaired) electrons. The molecule has 1 heterocycles. The zero-order chi connectivity index (χ0) is 14.5. The summed E-state index contributed by atoms with van der Waals surface area (Å²) in [5.41, 5.74) is 0. The number of hydrogen-bond donors (Lipinski definition) is 0. The summed E-state index contributed by atoms with van der Waals surface area (Å²) in [4.78, 5) is 13.1. The molecule has 3 heteroatoms. The molecule has 2 aromatic rings. The van der Waals surface area contributed by atoms with Crippen LogP contribution in [0, 0.1) is 11.7 Å². The first-order chi connectivity index (χ1) is 9.63. The SMILES string of the molecule is CCCCC(CC)CC(=O)c1cc2ccc(F)cc2s1. The molecule has 0 aliphatic rings. The first-order valence-corrected chi connectivity index (χ1v) is 8.18. The van der Waals surface area contributed by atoms with Crippen LogP contribution in [0.15, 0.2) is 24.3 Å². The van der Waals surface area contributed by atoms with Gasteiger partial charge in [-0.25, -0.2) is 4.39 Å². The molecule has 1 nitrogen and oxygen atoms in total. The number of carbonyl (C=O) groups excluding carboxylic acids is 1. The molecular formula is C17H21FOS. The minimum absolute atomic E-state index is 0.203. The number of rotatable bonds is 7. The third-order valence-corrected chi connectivity index (χ3v) is 4.91. The van der Waals surface area contributed by atoms with Gasteiger partial charge in [-0.05, 0) is 29.5 Å². The summed E-state index contributed by atoms with van der Waals surface area (Å²) >= 11 is 1.41. The van der Waals surface area contributed by atoms with Gasteiger partial charge in [0.1, 0.15) is 5.82 Å². The van der Waals surface area contributed by atoms with Crippen LogP contribution in [0.3, 0.4) is 0 Å². The summed E-state index contributed by atoms with van der Waals surface area (Å²) < 4.78 is 14.0. The van der Waals surface area contributed by atoms with Crippen LogP contribution < -0.4 is 0 Å². The van der Waals surface area contributed by atoms with Gasteiger partial charge in [-0.15, -0.1) is 11.3 Å². The minimum Gasteiger partial charge on any atom is -0.293 e. The molecule has 1 aromatic heterocycles.